The quantitative estimate of drug-likeness (QED) is 0.615. The third-order valence-corrected chi connectivity index (χ3v) is 5.41. The first-order valence-corrected chi connectivity index (χ1v) is 10.2. The predicted molar refractivity (Wildman–Crippen MR) is 98.7 cm³/mol. The number of anilines is 1. The van der Waals surface area contributed by atoms with Crippen LogP contribution in [0, 0.1) is 6.92 Å². The van der Waals surface area contributed by atoms with Gasteiger partial charge in [-0.05, 0) is 39.2 Å². The van der Waals surface area contributed by atoms with Gasteiger partial charge in [0.05, 0.1) is 11.3 Å². The smallest absolute Gasteiger partial charge is 0.211 e. The van der Waals surface area contributed by atoms with Crippen LogP contribution in [-0.4, -0.2) is 41.9 Å². The maximum absolute atomic E-state index is 11.5. The van der Waals surface area contributed by atoms with Crippen LogP contribution in [-0.2, 0) is 27.9 Å². The summed E-state index contributed by atoms with van der Waals surface area (Å²) in [5.74, 6) is 1.32. The minimum absolute atomic E-state index is 0.100. The van der Waals surface area contributed by atoms with E-state index in [-0.39, 0.29) is 5.75 Å². The van der Waals surface area contributed by atoms with E-state index < -0.39 is 10.0 Å². The molecule has 3 N–H and O–H groups in total. The molecule has 25 heavy (non-hydrogen) atoms. The molecular weight excluding hydrogens is 342 g/mol. The Labute approximate surface area is 148 Å². The summed E-state index contributed by atoms with van der Waals surface area (Å²) in [7, 11) is -3.13. The first-order chi connectivity index (χ1) is 11.9. The summed E-state index contributed by atoms with van der Waals surface area (Å²) in [5, 5.41) is 0. The number of hydrogen-bond acceptors (Lipinski definition) is 6. The highest BCUT2D eigenvalue weighted by atomic mass is 32.2. The second-order valence-electron chi connectivity index (χ2n) is 5.85. The summed E-state index contributed by atoms with van der Waals surface area (Å²) < 4.78 is 33.1. The van der Waals surface area contributed by atoms with E-state index in [1.54, 1.807) is 13.1 Å². The Morgan fingerprint density at radius 1 is 1.32 bits per heavy atom. The van der Waals surface area contributed by atoms with Gasteiger partial charge in [-0.1, -0.05) is 0 Å². The number of rotatable bonds is 10. The molecule has 2 aromatic rings. The van der Waals surface area contributed by atoms with Crippen LogP contribution in [0.25, 0.3) is 11.0 Å². The molecule has 8 nitrogen and oxygen atoms in total. The number of fused-ring (bicyclic) bond motifs is 1. The van der Waals surface area contributed by atoms with E-state index in [4.69, 9.17) is 10.5 Å². The molecule has 2 heterocycles. The van der Waals surface area contributed by atoms with Crippen molar-refractivity contribution in [3.05, 3.63) is 17.6 Å². The lowest BCUT2D eigenvalue weighted by molar-refractivity contribution is 0.126. The Morgan fingerprint density at radius 2 is 2.08 bits per heavy atom. The zero-order valence-electron chi connectivity index (χ0n) is 15.1. The molecule has 2 aromatic heterocycles. The van der Waals surface area contributed by atoms with Crippen molar-refractivity contribution in [2.45, 2.75) is 46.8 Å². The zero-order chi connectivity index (χ0) is 18.4. The van der Waals surface area contributed by atoms with E-state index in [1.165, 1.54) is 0 Å². The van der Waals surface area contributed by atoms with Crippen LogP contribution >= 0.6 is 0 Å². The molecule has 9 heteroatoms. The van der Waals surface area contributed by atoms with Crippen molar-refractivity contribution >= 4 is 26.9 Å². The highest BCUT2D eigenvalue weighted by molar-refractivity contribution is 7.89. The second kappa shape index (κ2) is 8.59. The molecule has 0 amide bonds. The highest BCUT2D eigenvalue weighted by Gasteiger charge is 2.15. The predicted octanol–water partition coefficient (Wildman–Crippen LogP) is 1.58. The molecule has 0 radical (unpaired) electrons. The van der Waals surface area contributed by atoms with Gasteiger partial charge in [0.1, 0.15) is 17.9 Å². The van der Waals surface area contributed by atoms with Crippen LogP contribution in [0.4, 0.5) is 5.82 Å². The van der Waals surface area contributed by atoms with Gasteiger partial charge in [-0.3, -0.25) is 0 Å². The summed E-state index contributed by atoms with van der Waals surface area (Å²) in [6.45, 7) is 7.71. The number of nitrogen functional groups attached to an aromatic ring is 1. The lowest BCUT2D eigenvalue weighted by Crippen LogP contribution is -2.26. The summed E-state index contributed by atoms with van der Waals surface area (Å²) in [5.41, 5.74) is 8.64. The number of nitrogens with two attached hydrogens (primary N) is 1. The number of ether oxygens (including phenoxy) is 1. The Morgan fingerprint density at radius 3 is 2.76 bits per heavy atom. The van der Waals surface area contributed by atoms with E-state index in [9.17, 15) is 8.42 Å². The number of pyridine rings is 1. The van der Waals surface area contributed by atoms with Gasteiger partial charge in [-0.2, -0.15) is 0 Å². The molecule has 0 unspecified atom stereocenters. The van der Waals surface area contributed by atoms with Gasteiger partial charge in [0, 0.05) is 25.9 Å². The van der Waals surface area contributed by atoms with Crippen LogP contribution < -0.4 is 10.5 Å². The van der Waals surface area contributed by atoms with E-state index in [2.05, 4.69) is 19.3 Å². The number of imidazole rings is 1. The second-order valence-corrected chi connectivity index (χ2v) is 7.94. The minimum atomic E-state index is -3.13. The molecule has 0 saturated carbocycles. The number of aryl methyl sites for hydroxylation is 2. The minimum Gasteiger partial charge on any atom is -0.382 e. The van der Waals surface area contributed by atoms with Crippen LogP contribution in [0.1, 0.15) is 38.1 Å². The van der Waals surface area contributed by atoms with Crippen LogP contribution in [0.5, 0.6) is 0 Å². The van der Waals surface area contributed by atoms with E-state index in [0.717, 1.165) is 36.3 Å². The van der Waals surface area contributed by atoms with Crippen molar-refractivity contribution in [1.82, 2.24) is 19.3 Å². The van der Waals surface area contributed by atoms with Gasteiger partial charge in [-0.25, -0.2) is 23.1 Å². The van der Waals surface area contributed by atoms with Gasteiger partial charge < -0.3 is 15.0 Å². The van der Waals surface area contributed by atoms with Crippen LogP contribution in [0.15, 0.2) is 6.20 Å². The van der Waals surface area contributed by atoms with Crippen LogP contribution in [0.3, 0.4) is 0 Å². The van der Waals surface area contributed by atoms with Gasteiger partial charge in [-0.15, -0.1) is 0 Å². The van der Waals surface area contributed by atoms with Crippen molar-refractivity contribution in [3.63, 3.8) is 0 Å². The lowest BCUT2D eigenvalue weighted by Gasteiger charge is -2.11. The fraction of sp³-hybridized carbons (Fsp3) is 0.625. The SMILES string of the molecule is CCOCc1nc2c(N)ncc(C)c2n1CCCCNS(=O)(=O)CC. The van der Waals surface area contributed by atoms with E-state index >= 15 is 0 Å². The van der Waals surface area contributed by atoms with Gasteiger partial charge in [0.15, 0.2) is 5.82 Å². The largest absolute Gasteiger partial charge is 0.382 e. The molecule has 0 aliphatic rings. The first kappa shape index (κ1) is 19.6. The number of sulfonamides is 1. The average molecular weight is 369 g/mol. The zero-order valence-corrected chi connectivity index (χ0v) is 15.9. The van der Waals surface area contributed by atoms with E-state index in [1.807, 2.05) is 13.8 Å². The molecule has 0 saturated heterocycles. The molecule has 0 aliphatic heterocycles. The molecule has 0 fully saturated rings. The Balaban J connectivity index is 2.13. The summed E-state index contributed by atoms with van der Waals surface area (Å²) in [6.07, 6.45) is 3.31. The average Bonchev–Trinajstić information content (AvgIpc) is 2.96. The number of hydrogen-bond donors (Lipinski definition) is 2. The van der Waals surface area contributed by atoms with Crippen molar-refractivity contribution < 1.29 is 13.2 Å². The van der Waals surface area contributed by atoms with Crippen molar-refractivity contribution in [3.8, 4) is 0 Å². The molecular formula is C16H27N5O3S. The highest BCUT2D eigenvalue weighted by Crippen LogP contribution is 2.24. The molecule has 140 valence electrons. The number of unbranched alkanes of at least 4 members (excludes halogenated alkanes) is 1. The molecule has 0 bridgehead atoms. The maximum Gasteiger partial charge on any atom is 0.211 e. The van der Waals surface area contributed by atoms with Gasteiger partial charge >= 0.3 is 0 Å². The Kier molecular flexibility index (Phi) is 6.74. The summed E-state index contributed by atoms with van der Waals surface area (Å²) in [6, 6.07) is 0. The van der Waals surface area contributed by atoms with Gasteiger partial charge in [0.25, 0.3) is 0 Å². The van der Waals surface area contributed by atoms with Crippen molar-refractivity contribution in [2.75, 3.05) is 24.6 Å². The lowest BCUT2D eigenvalue weighted by atomic mass is 10.2. The normalized spacial score (nSPS) is 12.1. The Bertz CT molecular complexity index is 817. The molecule has 0 spiro atoms. The molecule has 0 aliphatic carbocycles. The van der Waals surface area contributed by atoms with Crippen molar-refractivity contribution in [1.29, 1.82) is 0 Å². The van der Waals surface area contributed by atoms with Crippen molar-refractivity contribution in [2.24, 2.45) is 0 Å². The van der Waals surface area contributed by atoms with Crippen LogP contribution in [0.2, 0.25) is 0 Å². The standard InChI is InChI=1S/C16H27N5O3S/c1-4-24-11-13-20-14-15(12(3)10-18-16(14)17)21(13)9-7-6-8-19-25(22,23)5-2/h10,19H,4-9,11H2,1-3H3,(H2,17,18). The maximum atomic E-state index is 11.5. The number of nitrogens with zero attached hydrogens (tertiary/aromatic N) is 3. The van der Waals surface area contributed by atoms with Gasteiger partial charge in [0.2, 0.25) is 10.0 Å². The number of nitrogens with one attached hydrogen (secondary N) is 1. The Hall–Kier alpha value is -1.71. The third kappa shape index (κ3) is 4.90. The molecule has 0 atom stereocenters. The summed E-state index contributed by atoms with van der Waals surface area (Å²) in [4.78, 5) is 8.77. The topological polar surface area (TPSA) is 112 Å². The molecule has 0 aromatic carbocycles. The summed E-state index contributed by atoms with van der Waals surface area (Å²) >= 11 is 0. The van der Waals surface area contributed by atoms with E-state index in [0.29, 0.717) is 31.1 Å². The fourth-order valence-electron chi connectivity index (χ4n) is 2.64. The third-order valence-electron chi connectivity index (χ3n) is 4.01. The number of aromatic nitrogens is 3. The first-order valence-electron chi connectivity index (χ1n) is 8.54. The monoisotopic (exact) mass is 369 g/mol. The fourth-order valence-corrected chi connectivity index (χ4v) is 3.29. The molecule has 2 rings (SSSR count).